The van der Waals surface area contributed by atoms with E-state index in [-0.39, 0.29) is 35.8 Å². The molecule has 0 heterocycles. The molecule has 2 N–H and O–H groups in total. The lowest BCUT2D eigenvalue weighted by Crippen LogP contribution is -2.05. The third-order valence-electron chi connectivity index (χ3n) is 5.04. The summed E-state index contributed by atoms with van der Waals surface area (Å²) in [6.07, 6.45) is 0. The summed E-state index contributed by atoms with van der Waals surface area (Å²) < 4.78 is 10.7. The van der Waals surface area contributed by atoms with E-state index in [1.165, 1.54) is 36.4 Å². The fraction of sp³-hybridized carbons (Fsp3) is 0.0714. The van der Waals surface area contributed by atoms with E-state index in [9.17, 15) is 19.8 Å². The van der Waals surface area contributed by atoms with Gasteiger partial charge in [0.15, 0.2) is 0 Å². The van der Waals surface area contributed by atoms with Crippen LogP contribution in [0, 0.1) is 0 Å². The second-order valence-corrected chi connectivity index (χ2v) is 8.67. The Labute approximate surface area is 206 Å². The Morgan fingerprint density at radius 2 is 1.00 bits per heavy atom. The van der Waals surface area contributed by atoms with Gasteiger partial charge in [-0.25, -0.2) is 9.59 Å². The van der Waals surface area contributed by atoms with Crippen molar-refractivity contribution in [2.45, 2.75) is 23.0 Å². The van der Waals surface area contributed by atoms with E-state index in [1.54, 1.807) is 0 Å². The lowest BCUT2D eigenvalue weighted by Gasteiger charge is -2.11. The fourth-order valence-electron chi connectivity index (χ4n) is 3.18. The van der Waals surface area contributed by atoms with Crippen molar-refractivity contribution in [1.29, 1.82) is 0 Å². The van der Waals surface area contributed by atoms with Crippen molar-refractivity contribution in [3.63, 3.8) is 0 Å². The number of ether oxygens (including phenoxy) is 2. The largest absolute Gasteiger partial charge is 0.507 e. The summed E-state index contributed by atoms with van der Waals surface area (Å²) in [6.45, 7) is 0.244. The van der Waals surface area contributed by atoms with Gasteiger partial charge in [-0.2, -0.15) is 0 Å². The molecule has 0 aliphatic heterocycles. The minimum atomic E-state index is -0.543. The number of phenolic OH excluding ortho intramolecular Hbond substituents is 2. The summed E-state index contributed by atoms with van der Waals surface area (Å²) >= 11 is 1.02. The van der Waals surface area contributed by atoms with Crippen LogP contribution in [-0.4, -0.2) is 22.2 Å². The lowest BCUT2D eigenvalue weighted by molar-refractivity contribution is 0.0463. The zero-order valence-corrected chi connectivity index (χ0v) is 19.4. The van der Waals surface area contributed by atoms with Crippen molar-refractivity contribution in [3.8, 4) is 11.5 Å². The molecular formula is C28H22O6S. The third kappa shape index (κ3) is 6.43. The molecule has 0 aliphatic carbocycles. The molecule has 0 bridgehead atoms. The van der Waals surface area contributed by atoms with Gasteiger partial charge in [0.2, 0.25) is 0 Å². The quantitative estimate of drug-likeness (QED) is 0.297. The van der Waals surface area contributed by atoms with Gasteiger partial charge < -0.3 is 19.7 Å². The summed E-state index contributed by atoms with van der Waals surface area (Å²) in [7, 11) is 0. The van der Waals surface area contributed by atoms with Crippen molar-refractivity contribution in [2.24, 2.45) is 0 Å². The van der Waals surface area contributed by atoms with Crippen molar-refractivity contribution in [1.82, 2.24) is 0 Å². The van der Waals surface area contributed by atoms with E-state index < -0.39 is 11.9 Å². The zero-order valence-electron chi connectivity index (χ0n) is 18.6. The Balaban J connectivity index is 1.46. The number of carbonyl (C=O) groups is 2. The van der Waals surface area contributed by atoms with Gasteiger partial charge >= 0.3 is 11.9 Å². The monoisotopic (exact) mass is 486 g/mol. The highest BCUT2D eigenvalue weighted by Crippen LogP contribution is 2.39. The Kier molecular flexibility index (Phi) is 7.70. The SMILES string of the molecule is O=C(OCc1ccccc1)c1ccc(O)c(Sc2cc(C(=O)OCc3ccccc3)ccc2O)c1. The maximum absolute atomic E-state index is 12.5. The number of phenols is 2. The molecule has 4 aromatic carbocycles. The highest BCUT2D eigenvalue weighted by Gasteiger charge is 2.16. The molecule has 0 aliphatic rings. The second kappa shape index (κ2) is 11.3. The molecule has 7 heteroatoms. The summed E-state index contributed by atoms with van der Waals surface area (Å²) in [6, 6.07) is 27.3. The summed E-state index contributed by atoms with van der Waals surface area (Å²) in [5.41, 5.74) is 2.21. The molecule has 4 rings (SSSR count). The van der Waals surface area contributed by atoms with Crippen LogP contribution in [-0.2, 0) is 22.7 Å². The molecule has 176 valence electrons. The van der Waals surface area contributed by atoms with E-state index in [1.807, 2.05) is 60.7 Å². The van der Waals surface area contributed by atoms with E-state index >= 15 is 0 Å². The normalized spacial score (nSPS) is 10.5. The van der Waals surface area contributed by atoms with Gasteiger partial charge in [0.1, 0.15) is 24.7 Å². The molecule has 0 atom stereocenters. The van der Waals surface area contributed by atoms with E-state index in [0.717, 1.165) is 22.9 Å². The molecule has 0 amide bonds. The third-order valence-corrected chi connectivity index (χ3v) is 6.13. The van der Waals surface area contributed by atoms with E-state index in [2.05, 4.69) is 0 Å². The molecule has 0 spiro atoms. The highest BCUT2D eigenvalue weighted by molar-refractivity contribution is 7.99. The summed E-state index contributed by atoms with van der Waals surface area (Å²) in [5.74, 6) is -1.24. The molecule has 0 fully saturated rings. The number of hydrogen-bond donors (Lipinski definition) is 2. The van der Waals surface area contributed by atoms with Crippen LogP contribution in [0.4, 0.5) is 0 Å². The average Bonchev–Trinajstić information content (AvgIpc) is 2.89. The number of rotatable bonds is 8. The first kappa shape index (κ1) is 23.9. The minimum Gasteiger partial charge on any atom is -0.507 e. The average molecular weight is 487 g/mol. The van der Waals surface area contributed by atoms with Crippen molar-refractivity contribution >= 4 is 23.7 Å². The topological polar surface area (TPSA) is 93.1 Å². The minimum absolute atomic E-state index is 0.0777. The van der Waals surface area contributed by atoms with Crippen molar-refractivity contribution in [2.75, 3.05) is 0 Å². The first-order chi connectivity index (χ1) is 17.0. The van der Waals surface area contributed by atoms with Gasteiger partial charge in [0, 0.05) is 0 Å². The Bertz CT molecular complexity index is 1220. The molecular weight excluding hydrogens is 464 g/mol. The summed E-state index contributed by atoms with van der Waals surface area (Å²) in [4.78, 5) is 25.7. The predicted octanol–water partition coefficient (Wildman–Crippen LogP) is 5.96. The molecule has 0 unspecified atom stereocenters. The standard InChI is InChI=1S/C28H22O6S/c29-23-13-11-21(27(31)33-17-19-7-3-1-4-8-19)15-25(23)35-26-16-22(12-14-24(26)30)28(32)34-18-20-9-5-2-6-10-20/h1-16,29-30H,17-18H2. The Hall–Kier alpha value is -4.23. The Morgan fingerprint density at radius 1 is 0.600 bits per heavy atom. The maximum atomic E-state index is 12.5. The molecule has 0 saturated carbocycles. The second-order valence-electron chi connectivity index (χ2n) is 7.59. The number of carbonyl (C=O) groups excluding carboxylic acids is 2. The van der Waals surface area contributed by atoms with Crippen molar-refractivity contribution < 1.29 is 29.3 Å². The van der Waals surface area contributed by atoms with Crippen molar-refractivity contribution in [3.05, 3.63) is 119 Å². The van der Waals surface area contributed by atoms with Gasteiger partial charge in [0.25, 0.3) is 0 Å². The number of hydrogen-bond acceptors (Lipinski definition) is 7. The van der Waals surface area contributed by atoms with Gasteiger partial charge in [-0.1, -0.05) is 72.4 Å². The number of benzene rings is 4. The van der Waals surface area contributed by atoms with E-state index in [4.69, 9.17) is 9.47 Å². The summed E-state index contributed by atoms with van der Waals surface area (Å²) in [5, 5.41) is 20.6. The van der Waals surface area contributed by atoms with Crippen LogP contribution in [0.3, 0.4) is 0 Å². The van der Waals surface area contributed by atoms with Crippen LogP contribution in [0.15, 0.2) is 107 Å². The molecule has 6 nitrogen and oxygen atoms in total. The lowest BCUT2D eigenvalue weighted by atomic mass is 10.2. The number of esters is 2. The number of aromatic hydroxyl groups is 2. The fourth-order valence-corrected chi connectivity index (χ4v) is 4.13. The highest BCUT2D eigenvalue weighted by atomic mass is 32.2. The molecule has 35 heavy (non-hydrogen) atoms. The van der Waals surface area contributed by atoms with Crippen LogP contribution < -0.4 is 0 Å². The molecule has 0 saturated heterocycles. The van der Waals surface area contributed by atoms with Gasteiger partial charge in [-0.05, 0) is 47.5 Å². The van der Waals surface area contributed by atoms with Gasteiger partial charge in [0.05, 0.1) is 20.9 Å². The smallest absolute Gasteiger partial charge is 0.338 e. The van der Waals surface area contributed by atoms with Crippen LogP contribution in [0.2, 0.25) is 0 Å². The Morgan fingerprint density at radius 3 is 1.40 bits per heavy atom. The molecule has 0 radical (unpaired) electrons. The maximum Gasteiger partial charge on any atom is 0.338 e. The van der Waals surface area contributed by atoms with Crippen LogP contribution >= 0.6 is 11.8 Å². The zero-order chi connectivity index (χ0) is 24.6. The van der Waals surface area contributed by atoms with Crippen LogP contribution in [0.5, 0.6) is 11.5 Å². The first-order valence-corrected chi connectivity index (χ1v) is 11.6. The van der Waals surface area contributed by atoms with Crippen LogP contribution in [0.1, 0.15) is 31.8 Å². The van der Waals surface area contributed by atoms with Gasteiger partial charge in [-0.3, -0.25) is 0 Å². The van der Waals surface area contributed by atoms with Gasteiger partial charge in [-0.15, -0.1) is 0 Å². The molecule has 4 aromatic rings. The van der Waals surface area contributed by atoms with E-state index in [0.29, 0.717) is 9.79 Å². The van der Waals surface area contributed by atoms with Crippen LogP contribution in [0.25, 0.3) is 0 Å². The predicted molar refractivity (Wildman–Crippen MR) is 131 cm³/mol. The first-order valence-electron chi connectivity index (χ1n) is 10.8. The molecule has 0 aromatic heterocycles.